The first kappa shape index (κ1) is 17.6. The largest absolute Gasteiger partial charge is 0.314 e. The van der Waals surface area contributed by atoms with Gasteiger partial charge in [0.25, 0.3) is 0 Å². The van der Waals surface area contributed by atoms with E-state index in [1.807, 2.05) is 0 Å². The van der Waals surface area contributed by atoms with E-state index in [2.05, 4.69) is 32.7 Å². The summed E-state index contributed by atoms with van der Waals surface area (Å²) in [6.45, 7) is 6.94. The lowest BCUT2D eigenvalue weighted by atomic mass is 10.00. The van der Waals surface area contributed by atoms with Gasteiger partial charge in [-0.05, 0) is 34.5 Å². The minimum absolute atomic E-state index is 0. The Labute approximate surface area is 132 Å². The first-order chi connectivity index (χ1) is 9.15. The molecule has 112 valence electrons. The highest BCUT2D eigenvalue weighted by Gasteiger charge is 2.27. The van der Waals surface area contributed by atoms with Gasteiger partial charge in [-0.3, -0.25) is 4.90 Å². The van der Waals surface area contributed by atoms with Crippen LogP contribution in [0.5, 0.6) is 0 Å². The highest BCUT2D eigenvalue weighted by atomic mass is 79.9. The molecule has 0 saturated carbocycles. The topological polar surface area (TPSA) is 15.3 Å². The molecule has 0 bridgehead atoms. The van der Waals surface area contributed by atoms with Crippen molar-refractivity contribution in [1.29, 1.82) is 0 Å². The lowest BCUT2D eigenvalue weighted by Crippen LogP contribution is -2.45. The van der Waals surface area contributed by atoms with Crippen molar-refractivity contribution in [2.24, 2.45) is 0 Å². The predicted molar refractivity (Wildman–Crippen MR) is 83.3 cm³/mol. The Hall–Kier alpha value is -0.490. The van der Waals surface area contributed by atoms with E-state index >= 15 is 0 Å². The summed E-state index contributed by atoms with van der Waals surface area (Å²) in [4.78, 5) is 2.10. The third-order valence-corrected chi connectivity index (χ3v) is 4.01. The molecule has 1 aromatic rings. The molecule has 1 saturated heterocycles. The zero-order chi connectivity index (χ0) is 13.8. The number of hydrogen-bond acceptors (Lipinski definition) is 2. The predicted octanol–water partition coefficient (Wildman–Crippen LogP) is 3.67. The Morgan fingerprint density at radius 2 is 2.00 bits per heavy atom. The summed E-state index contributed by atoms with van der Waals surface area (Å²) in [6, 6.07) is 2.41. The lowest BCUT2D eigenvalue weighted by Gasteiger charge is -2.35. The lowest BCUT2D eigenvalue weighted by molar-refractivity contribution is 0.167. The van der Waals surface area contributed by atoms with Gasteiger partial charge >= 0.3 is 0 Å². The minimum atomic E-state index is -0.509. The Balaban J connectivity index is 0.00000200. The third kappa shape index (κ3) is 3.79. The van der Waals surface area contributed by atoms with Gasteiger partial charge in [0.15, 0.2) is 0 Å². The van der Waals surface area contributed by atoms with Gasteiger partial charge in [0, 0.05) is 37.8 Å². The van der Waals surface area contributed by atoms with Gasteiger partial charge in [0.1, 0.15) is 11.6 Å². The van der Waals surface area contributed by atoms with E-state index < -0.39 is 11.6 Å². The summed E-state index contributed by atoms with van der Waals surface area (Å²) in [6.07, 6.45) is 2.25. The molecule has 1 N–H and O–H groups in total. The number of benzene rings is 1. The maximum atomic E-state index is 14.2. The van der Waals surface area contributed by atoms with Crippen molar-refractivity contribution in [3.63, 3.8) is 0 Å². The monoisotopic (exact) mass is 366 g/mol. The smallest absolute Gasteiger partial charge is 0.145 e. The van der Waals surface area contributed by atoms with Crippen LogP contribution in [-0.2, 0) is 0 Å². The van der Waals surface area contributed by atoms with Crippen molar-refractivity contribution >= 4 is 28.3 Å². The molecule has 1 aliphatic rings. The Morgan fingerprint density at radius 3 is 2.60 bits per heavy atom. The van der Waals surface area contributed by atoms with Crippen LogP contribution in [0.15, 0.2) is 29.3 Å². The van der Waals surface area contributed by atoms with Gasteiger partial charge in [-0.25, -0.2) is 8.78 Å². The summed E-state index contributed by atoms with van der Waals surface area (Å²) in [5.74, 6) is -1.00. The number of rotatable bonds is 4. The summed E-state index contributed by atoms with van der Waals surface area (Å²) < 4.78 is 28.5. The van der Waals surface area contributed by atoms with Crippen LogP contribution in [0.3, 0.4) is 0 Å². The summed E-state index contributed by atoms with van der Waals surface area (Å²) in [5, 5.41) is 3.24. The summed E-state index contributed by atoms with van der Waals surface area (Å²) >= 11 is 3.13. The molecule has 1 heterocycles. The molecule has 1 aromatic carbocycles. The van der Waals surface area contributed by atoms with Crippen LogP contribution in [0.4, 0.5) is 8.78 Å². The number of nitrogens with one attached hydrogen (secondary N) is 1. The minimum Gasteiger partial charge on any atom is -0.314 e. The molecular formula is C14H18BrClF2N2. The molecule has 1 fully saturated rings. The Bertz CT molecular complexity index is 465. The zero-order valence-electron chi connectivity index (χ0n) is 11.0. The molecule has 0 aliphatic carbocycles. The maximum Gasteiger partial charge on any atom is 0.145 e. The highest BCUT2D eigenvalue weighted by molar-refractivity contribution is 9.10. The van der Waals surface area contributed by atoms with Crippen LogP contribution in [0, 0.1) is 11.6 Å². The van der Waals surface area contributed by atoms with Gasteiger partial charge in [-0.15, -0.1) is 19.0 Å². The average Bonchev–Trinajstić information content (AvgIpc) is 2.43. The molecule has 0 amide bonds. The van der Waals surface area contributed by atoms with Gasteiger partial charge in [0.2, 0.25) is 0 Å². The third-order valence-electron chi connectivity index (χ3n) is 3.39. The summed E-state index contributed by atoms with van der Waals surface area (Å²) in [5.41, 5.74) is 0.135. The normalized spacial score (nSPS) is 17.4. The molecule has 0 unspecified atom stereocenters. The first-order valence-electron chi connectivity index (χ1n) is 6.34. The van der Waals surface area contributed by atoms with Crippen molar-refractivity contribution in [3.8, 4) is 0 Å². The van der Waals surface area contributed by atoms with Gasteiger partial charge in [-0.2, -0.15) is 0 Å². The zero-order valence-corrected chi connectivity index (χ0v) is 13.4. The molecule has 0 aromatic heterocycles. The number of piperazine rings is 1. The second-order valence-corrected chi connectivity index (χ2v) is 5.44. The van der Waals surface area contributed by atoms with E-state index in [4.69, 9.17) is 0 Å². The number of nitrogens with zero attached hydrogens (tertiary/aromatic N) is 1. The van der Waals surface area contributed by atoms with Crippen molar-refractivity contribution in [1.82, 2.24) is 10.2 Å². The molecule has 0 radical (unpaired) electrons. The number of halogens is 4. The fraction of sp³-hybridized carbons (Fsp3) is 0.429. The van der Waals surface area contributed by atoms with E-state index in [9.17, 15) is 8.78 Å². The van der Waals surface area contributed by atoms with Crippen LogP contribution in [0.1, 0.15) is 18.0 Å². The molecule has 1 aliphatic heterocycles. The van der Waals surface area contributed by atoms with Crippen LogP contribution < -0.4 is 5.32 Å². The van der Waals surface area contributed by atoms with Crippen LogP contribution in [-0.4, -0.2) is 31.1 Å². The average molecular weight is 368 g/mol. The van der Waals surface area contributed by atoms with E-state index in [-0.39, 0.29) is 24.0 Å². The molecule has 2 nitrogen and oxygen atoms in total. The van der Waals surface area contributed by atoms with E-state index in [1.165, 1.54) is 12.1 Å². The van der Waals surface area contributed by atoms with Crippen LogP contribution in [0.2, 0.25) is 0 Å². The quantitative estimate of drug-likeness (QED) is 0.645. The molecule has 2 rings (SSSR count). The van der Waals surface area contributed by atoms with Crippen molar-refractivity contribution in [3.05, 3.63) is 46.5 Å². The van der Waals surface area contributed by atoms with Gasteiger partial charge < -0.3 is 5.32 Å². The highest BCUT2D eigenvalue weighted by Crippen LogP contribution is 2.32. The maximum absolute atomic E-state index is 14.2. The first-order valence-corrected chi connectivity index (χ1v) is 7.13. The van der Waals surface area contributed by atoms with Crippen molar-refractivity contribution in [2.45, 2.75) is 12.5 Å². The molecule has 0 spiro atoms. The van der Waals surface area contributed by atoms with Crippen LogP contribution in [0.25, 0.3) is 0 Å². The second kappa shape index (κ2) is 8.08. The van der Waals surface area contributed by atoms with Crippen molar-refractivity contribution < 1.29 is 8.78 Å². The molecule has 1 atom stereocenters. The SMILES string of the molecule is C=CC[C@@H](c1c(F)ccc(Br)c1F)N1CCNCC1.Cl. The van der Waals surface area contributed by atoms with E-state index in [0.29, 0.717) is 10.9 Å². The van der Waals surface area contributed by atoms with Crippen LogP contribution >= 0.6 is 28.3 Å². The fourth-order valence-electron chi connectivity index (χ4n) is 2.45. The number of hydrogen-bond donors (Lipinski definition) is 1. The van der Waals surface area contributed by atoms with Crippen molar-refractivity contribution in [2.75, 3.05) is 26.2 Å². The van der Waals surface area contributed by atoms with E-state index in [1.54, 1.807) is 6.08 Å². The fourth-order valence-corrected chi connectivity index (χ4v) is 2.80. The summed E-state index contributed by atoms with van der Waals surface area (Å²) in [7, 11) is 0. The molecule has 6 heteroatoms. The Kier molecular flexibility index (Phi) is 7.09. The van der Waals surface area contributed by atoms with E-state index in [0.717, 1.165) is 26.2 Å². The molecule has 20 heavy (non-hydrogen) atoms. The molecular weight excluding hydrogens is 350 g/mol. The second-order valence-electron chi connectivity index (χ2n) is 4.58. The van der Waals surface area contributed by atoms with Gasteiger partial charge in [0.05, 0.1) is 4.47 Å². The van der Waals surface area contributed by atoms with Gasteiger partial charge in [-0.1, -0.05) is 6.08 Å². The Morgan fingerprint density at radius 1 is 1.35 bits per heavy atom. The standard InChI is InChI=1S/C14H17BrF2N2.ClH/c1-2-3-12(19-8-6-18-7-9-19)13-11(16)5-4-10(15)14(13)17;/h2,4-5,12,18H,1,3,6-9H2;1H/t12-;/m0./s1.